The zero-order valence-electron chi connectivity index (χ0n) is 11.0. The predicted molar refractivity (Wildman–Crippen MR) is 77.3 cm³/mol. The van der Waals surface area contributed by atoms with Crippen molar-refractivity contribution in [1.82, 2.24) is 4.98 Å². The van der Waals surface area contributed by atoms with E-state index in [0.29, 0.717) is 16.8 Å². The highest BCUT2D eigenvalue weighted by atomic mass is 16.2. The summed E-state index contributed by atoms with van der Waals surface area (Å²) in [5, 5.41) is 20.1. The number of amides is 1. The van der Waals surface area contributed by atoms with Gasteiger partial charge in [-0.2, -0.15) is 5.26 Å². The lowest BCUT2D eigenvalue weighted by Gasteiger charge is -2.04. The lowest BCUT2D eigenvalue weighted by molar-refractivity contribution is 0.102. The van der Waals surface area contributed by atoms with Gasteiger partial charge in [-0.25, -0.2) is 4.98 Å². The Morgan fingerprint density at radius 3 is 2.81 bits per heavy atom. The predicted octanol–water partition coefficient (Wildman–Crippen LogP) is 1.55. The van der Waals surface area contributed by atoms with Gasteiger partial charge in [0, 0.05) is 17.4 Å². The highest BCUT2D eigenvalue weighted by molar-refractivity contribution is 6.02. The summed E-state index contributed by atoms with van der Waals surface area (Å²) in [5.74, 6) is 4.83. The maximum atomic E-state index is 12.0. The Hall–Kier alpha value is -3.15. The van der Waals surface area contributed by atoms with Gasteiger partial charge in [0.05, 0.1) is 11.6 Å². The van der Waals surface area contributed by atoms with Crippen LogP contribution in [0.2, 0.25) is 0 Å². The number of hydrogen-bond donors (Lipinski definition) is 2. The molecular formula is C16H11N3O2. The molecular weight excluding hydrogens is 266 g/mol. The summed E-state index contributed by atoms with van der Waals surface area (Å²) in [4.78, 5) is 16.0. The van der Waals surface area contributed by atoms with Crippen molar-refractivity contribution in [3.63, 3.8) is 0 Å². The monoisotopic (exact) mass is 277 g/mol. The molecule has 0 spiro atoms. The molecule has 5 nitrogen and oxygen atoms in total. The molecule has 0 radical (unpaired) electrons. The smallest absolute Gasteiger partial charge is 0.274 e. The fourth-order valence-corrected chi connectivity index (χ4v) is 1.61. The first-order valence-electron chi connectivity index (χ1n) is 6.10. The third-order valence-corrected chi connectivity index (χ3v) is 2.56. The first-order chi connectivity index (χ1) is 10.2. The zero-order chi connectivity index (χ0) is 15.1. The van der Waals surface area contributed by atoms with Gasteiger partial charge in [-0.15, -0.1) is 0 Å². The van der Waals surface area contributed by atoms with E-state index in [9.17, 15) is 4.79 Å². The summed E-state index contributed by atoms with van der Waals surface area (Å²) in [6.45, 7) is -0.225. The Labute approximate surface area is 121 Å². The second-order valence-electron chi connectivity index (χ2n) is 4.04. The molecule has 0 atom stereocenters. The summed E-state index contributed by atoms with van der Waals surface area (Å²) in [5.41, 5.74) is 1.86. The number of nitriles is 1. The van der Waals surface area contributed by atoms with E-state index in [1.165, 1.54) is 6.20 Å². The number of benzene rings is 1. The molecule has 102 valence electrons. The Morgan fingerprint density at radius 2 is 2.14 bits per heavy atom. The van der Waals surface area contributed by atoms with E-state index in [1.807, 2.05) is 6.07 Å². The minimum Gasteiger partial charge on any atom is -0.384 e. The van der Waals surface area contributed by atoms with Crippen LogP contribution in [0.4, 0.5) is 5.69 Å². The number of carbonyl (C=O) groups is 1. The van der Waals surface area contributed by atoms with Crippen LogP contribution >= 0.6 is 0 Å². The molecule has 0 aliphatic rings. The molecule has 5 heteroatoms. The van der Waals surface area contributed by atoms with Crippen molar-refractivity contribution in [3.8, 4) is 17.9 Å². The van der Waals surface area contributed by atoms with Crippen LogP contribution in [-0.4, -0.2) is 22.6 Å². The van der Waals surface area contributed by atoms with Gasteiger partial charge in [0.2, 0.25) is 0 Å². The molecule has 0 bridgehead atoms. The molecule has 0 aliphatic heterocycles. The lowest BCUT2D eigenvalue weighted by atomic mass is 10.2. The van der Waals surface area contributed by atoms with Gasteiger partial charge < -0.3 is 10.4 Å². The Bertz CT molecular complexity index is 750. The third kappa shape index (κ3) is 3.90. The molecule has 0 fully saturated rings. The molecule has 0 aliphatic carbocycles. The normalized spacial score (nSPS) is 9.14. The summed E-state index contributed by atoms with van der Waals surface area (Å²) >= 11 is 0. The Balaban J connectivity index is 2.11. The molecule has 2 N–H and O–H groups in total. The quantitative estimate of drug-likeness (QED) is 0.815. The topological polar surface area (TPSA) is 86.0 Å². The van der Waals surface area contributed by atoms with Crippen molar-refractivity contribution in [2.24, 2.45) is 0 Å². The number of nitrogens with zero attached hydrogens (tertiary/aromatic N) is 2. The number of rotatable bonds is 2. The standard InChI is InChI=1S/C16H11N3O2/c17-10-13-3-1-5-14(9-13)19-16(21)15-7-6-12(11-18-15)4-2-8-20/h1,3,5-7,9,11,20H,8H2,(H,19,21). The van der Waals surface area contributed by atoms with Crippen molar-refractivity contribution in [2.75, 3.05) is 11.9 Å². The van der Waals surface area contributed by atoms with Crippen LogP contribution in [0.5, 0.6) is 0 Å². The van der Waals surface area contributed by atoms with Gasteiger partial charge in [0.15, 0.2) is 0 Å². The van der Waals surface area contributed by atoms with Crippen molar-refractivity contribution in [1.29, 1.82) is 5.26 Å². The molecule has 1 amide bonds. The van der Waals surface area contributed by atoms with Crippen LogP contribution in [0, 0.1) is 23.2 Å². The van der Waals surface area contributed by atoms with Gasteiger partial charge in [0.25, 0.3) is 5.91 Å². The number of carbonyl (C=O) groups excluding carboxylic acids is 1. The SMILES string of the molecule is N#Cc1cccc(NC(=O)c2ccc(C#CCO)cn2)c1. The van der Waals surface area contributed by atoms with Crippen LogP contribution in [0.15, 0.2) is 42.6 Å². The number of hydrogen-bond acceptors (Lipinski definition) is 4. The number of aliphatic hydroxyl groups excluding tert-OH is 1. The van der Waals surface area contributed by atoms with Gasteiger partial charge in [-0.3, -0.25) is 4.79 Å². The highest BCUT2D eigenvalue weighted by Crippen LogP contribution is 2.11. The lowest BCUT2D eigenvalue weighted by Crippen LogP contribution is -2.13. The largest absolute Gasteiger partial charge is 0.384 e. The fraction of sp³-hybridized carbons (Fsp3) is 0.0625. The van der Waals surface area contributed by atoms with Gasteiger partial charge in [-0.1, -0.05) is 17.9 Å². The second-order valence-corrected chi connectivity index (χ2v) is 4.04. The van der Waals surface area contributed by atoms with E-state index in [2.05, 4.69) is 22.1 Å². The van der Waals surface area contributed by atoms with Crippen LogP contribution in [0.1, 0.15) is 21.6 Å². The summed E-state index contributed by atoms with van der Waals surface area (Å²) < 4.78 is 0. The number of anilines is 1. The second kappa shape index (κ2) is 6.85. The van der Waals surface area contributed by atoms with E-state index < -0.39 is 0 Å². The molecule has 2 rings (SSSR count). The molecule has 1 heterocycles. The van der Waals surface area contributed by atoms with Crippen molar-refractivity contribution in [2.45, 2.75) is 0 Å². The molecule has 1 aromatic carbocycles. The molecule has 0 saturated heterocycles. The maximum Gasteiger partial charge on any atom is 0.274 e. The fourth-order valence-electron chi connectivity index (χ4n) is 1.61. The van der Waals surface area contributed by atoms with E-state index >= 15 is 0 Å². The van der Waals surface area contributed by atoms with Crippen molar-refractivity contribution in [3.05, 3.63) is 59.4 Å². The number of nitrogens with one attached hydrogen (secondary N) is 1. The Morgan fingerprint density at radius 1 is 1.29 bits per heavy atom. The molecule has 2 aromatic rings. The summed E-state index contributed by atoms with van der Waals surface area (Å²) in [6.07, 6.45) is 1.46. The highest BCUT2D eigenvalue weighted by Gasteiger charge is 2.07. The molecule has 21 heavy (non-hydrogen) atoms. The van der Waals surface area contributed by atoms with E-state index in [-0.39, 0.29) is 18.2 Å². The zero-order valence-corrected chi connectivity index (χ0v) is 11.0. The van der Waals surface area contributed by atoms with E-state index in [1.54, 1.807) is 36.4 Å². The first-order valence-corrected chi connectivity index (χ1v) is 6.10. The Kier molecular flexibility index (Phi) is 4.66. The van der Waals surface area contributed by atoms with E-state index in [4.69, 9.17) is 10.4 Å². The average molecular weight is 277 g/mol. The maximum absolute atomic E-state index is 12.0. The van der Waals surface area contributed by atoms with Gasteiger partial charge in [0.1, 0.15) is 12.3 Å². The molecule has 0 unspecified atom stereocenters. The van der Waals surface area contributed by atoms with Crippen LogP contribution < -0.4 is 5.32 Å². The number of aliphatic hydroxyl groups is 1. The number of pyridine rings is 1. The average Bonchev–Trinajstić information content (AvgIpc) is 2.53. The summed E-state index contributed by atoms with van der Waals surface area (Å²) in [7, 11) is 0. The summed E-state index contributed by atoms with van der Waals surface area (Å²) in [6, 6.07) is 11.8. The number of aromatic nitrogens is 1. The van der Waals surface area contributed by atoms with Crippen LogP contribution in [0.25, 0.3) is 0 Å². The van der Waals surface area contributed by atoms with Crippen LogP contribution in [-0.2, 0) is 0 Å². The van der Waals surface area contributed by atoms with Crippen LogP contribution in [0.3, 0.4) is 0 Å². The van der Waals surface area contributed by atoms with Gasteiger partial charge >= 0.3 is 0 Å². The van der Waals surface area contributed by atoms with Crippen molar-refractivity contribution >= 4 is 11.6 Å². The van der Waals surface area contributed by atoms with E-state index in [0.717, 1.165) is 0 Å². The minimum atomic E-state index is -0.369. The van der Waals surface area contributed by atoms with Gasteiger partial charge in [-0.05, 0) is 30.3 Å². The third-order valence-electron chi connectivity index (χ3n) is 2.56. The minimum absolute atomic E-state index is 0.225. The molecule has 0 saturated carbocycles. The first kappa shape index (κ1) is 14.3. The van der Waals surface area contributed by atoms with Crippen molar-refractivity contribution < 1.29 is 9.90 Å². The molecule has 1 aromatic heterocycles.